The molecule has 5 fully saturated rings. The van der Waals surface area contributed by atoms with Gasteiger partial charge in [0.25, 0.3) is 0 Å². The largest absolute Gasteiger partial charge is 0.298 e. The molecule has 0 amide bonds. The molecule has 5 rings (SSSR count). The summed E-state index contributed by atoms with van der Waals surface area (Å²) in [5.41, 5.74) is -0.868. The predicted molar refractivity (Wildman–Crippen MR) is 154 cm³/mol. The highest BCUT2D eigenvalue weighted by molar-refractivity contribution is 6.55. The molecule has 3 heteroatoms. The minimum atomic E-state index is -0.830. The van der Waals surface area contributed by atoms with Crippen LogP contribution in [-0.4, -0.2) is 10.1 Å². The Morgan fingerprint density at radius 1 is 0.611 bits per heavy atom. The van der Waals surface area contributed by atoms with Gasteiger partial charge in [0.15, 0.2) is 5.78 Å². The summed E-state index contributed by atoms with van der Waals surface area (Å²) in [6, 6.07) is 0. The summed E-state index contributed by atoms with van der Waals surface area (Å²) < 4.78 is -0.830. The fourth-order valence-electron chi connectivity index (χ4n) is 10.1. The molecular formula is C33H54Cl2O. The molecule has 0 aromatic heterocycles. The van der Waals surface area contributed by atoms with E-state index in [-0.39, 0.29) is 0 Å². The van der Waals surface area contributed by atoms with Crippen LogP contribution in [0.5, 0.6) is 0 Å². The van der Waals surface area contributed by atoms with E-state index in [1.807, 2.05) is 0 Å². The molecule has 0 radical (unpaired) electrons. The first-order valence-corrected chi connectivity index (χ1v) is 17.0. The van der Waals surface area contributed by atoms with Gasteiger partial charge >= 0.3 is 0 Å². The topological polar surface area (TPSA) is 17.1 Å². The van der Waals surface area contributed by atoms with Gasteiger partial charge in [-0.2, -0.15) is 0 Å². The van der Waals surface area contributed by atoms with Gasteiger partial charge in [-0.25, -0.2) is 0 Å². The van der Waals surface area contributed by atoms with Gasteiger partial charge in [0.1, 0.15) is 4.33 Å². The number of unbranched alkanes of at least 4 members (excludes halogenated alkanes) is 2. The molecule has 0 bridgehead atoms. The second-order valence-corrected chi connectivity index (χ2v) is 15.5. The van der Waals surface area contributed by atoms with Crippen LogP contribution in [0.25, 0.3) is 0 Å². The lowest BCUT2D eigenvalue weighted by molar-refractivity contribution is -0.173. The van der Waals surface area contributed by atoms with Gasteiger partial charge in [0.05, 0.1) is 10.8 Å². The van der Waals surface area contributed by atoms with Crippen LogP contribution in [0.4, 0.5) is 0 Å². The fraction of sp³-hybridized carbons (Fsp3) is 0.970. The first-order valence-electron chi connectivity index (χ1n) is 16.3. The number of carbonyl (C=O) groups is 1. The fourth-order valence-corrected chi connectivity index (χ4v) is 11.2. The summed E-state index contributed by atoms with van der Waals surface area (Å²) in [7, 11) is 0. The van der Waals surface area contributed by atoms with Crippen molar-refractivity contribution >= 4 is 29.0 Å². The minimum Gasteiger partial charge on any atom is -0.298 e. The third-order valence-electron chi connectivity index (χ3n) is 12.7. The van der Waals surface area contributed by atoms with Crippen LogP contribution in [0.3, 0.4) is 0 Å². The average molecular weight is 538 g/mol. The Labute approximate surface area is 232 Å². The Kier molecular flexibility index (Phi) is 8.80. The van der Waals surface area contributed by atoms with Gasteiger partial charge < -0.3 is 0 Å². The average Bonchev–Trinajstić information content (AvgIpc) is 2.93. The Bertz CT molecular complexity index is 727. The van der Waals surface area contributed by atoms with E-state index in [0.29, 0.717) is 5.78 Å². The Hall–Kier alpha value is 0.250. The molecule has 0 heterocycles. The third-order valence-corrected chi connectivity index (χ3v) is 14.2. The van der Waals surface area contributed by atoms with Crippen molar-refractivity contribution in [1.82, 2.24) is 0 Å². The summed E-state index contributed by atoms with van der Waals surface area (Å²) in [5.74, 6) is 5.78. The quantitative estimate of drug-likeness (QED) is 0.233. The van der Waals surface area contributed by atoms with Crippen LogP contribution in [-0.2, 0) is 4.79 Å². The van der Waals surface area contributed by atoms with Crippen LogP contribution < -0.4 is 0 Å². The normalized spacial score (nSPS) is 45.1. The van der Waals surface area contributed by atoms with Crippen molar-refractivity contribution in [2.45, 2.75) is 153 Å². The maximum absolute atomic E-state index is 14.0. The number of carbonyl (C=O) groups excluding carboxylic acids is 1. The maximum Gasteiger partial charge on any atom is 0.151 e. The predicted octanol–water partition coefficient (Wildman–Crippen LogP) is 10.7. The smallest absolute Gasteiger partial charge is 0.151 e. The highest BCUT2D eigenvalue weighted by Crippen LogP contribution is 2.75. The zero-order valence-electron chi connectivity index (χ0n) is 23.5. The standard InChI is InChI=1S/C33H54Cl2O/c1-3-5-6-7-25-10-14-27(15-11-25)29-18-22-32(23-19-29)30(36)31(33(32,34)35)20-16-28(17-21-31)26-12-8-24(4-2)9-13-26/h24-29H,3-23H2,1-2H3/t24-,25-,26-,27-,28?,29?,31?,32?. The van der Waals surface area contributed by atoms with Gasteiger partial charge in [-0.15, -0.1) is 0 Å². The van der Waals surface area contributed by atoms with Crippen molar-refractivity contribution in [3.8, 4) is 0 Å². The van der Waals surface area contributed by atoms with E-state index in [1.165, 1.54) is 109 Å². The summed E-state index contributed by atoms with van der Waals surface area (Å²) in [5, 5.41) is 0. The van der Waals surface area contributed by atoms with Crippen molar-refractivity contribution in [3.05, 3.63) is 0 Å². The molecule has 36 heavy (non-hydrogen) atoms. The molecule has 0 N–H and O–H groups in total. The number of ketones is 1. The zero-order valence-corrected chi connectivity index (χ0v) is 25.0. The number of rotatable bonds is 7. The molecule has 0 saturated heterocycles. The van der Waals surface area contributed by atoms with Crippen molar-refractivity contribution in [3.63, 3.8) is 0 Å². The summed E-state index contributed by atoms with van der Waals surface area (Å²) >= 11 is 14.6. The maximum atomic E-state index is 14.0. The van der Waals surface area contributed by atoms with Gasteiger partial charge in [-0.3, -0.25) is 4.79 Å². The van der Waals surface area contributed by atoms with Crippen LogP contribution in [0.2, 0.25) is 0 Å². The van der Waals surface area contributed by atoms with Gasteiger partial charge in [-0.05, 0) is 113 Å². The van der Waals surface area contributed by atoms with Crippen molar-refractivity contribution in [2.24, 2.45) is 46.3 Å². The van der Waals surface area contributed by atoms with Crippen LogP contribution >= 0.6 is 23.2 Å². The molecule has 206 valence electrons. The van der Waals surface area contributed by atoms with E-state index in [9.17, 15) is 4.79 Å². The van der Waals surface area contributed by atoms with Gasteiger partial charge in [0.2, 0.25) is 0 Å². The SMILES string of the molecule is CCCCC[C@H]1CC[C@H](C2CCC3(CC2)C(=O)C2(CCC([C@H]4CC[C@H](CC)CC4)CC2)C3(Cl)Cl)CC1. The summed E-state index contributed by atoms with van der Waals surface area (Å²) in [4.78, 5) is 14.0. The molecule has 0 atom stereocenters. The van der Waals surface area contributed by atoms with E-state index >= 15 is 0 Å². The molecular weight excluding hydrogens is 483 g/mol. The van der Waals surface area contributed by atoms with Crippen LogP contribution in [0, 0.1) is 46.3 Å². The lowest BCUT2D eigenvalue weighted by Gasteiger charge is -2.67. The van der Waals surface area contributed by atoms with Gasteiger partial charge in [0, 0.05) is 0 Å². The summed E-state index contributed by atoms with van der Waals surface area (Å²) in [6.07, 6.45) is 26.8. The Morgan fingerprint density at radius 2 is 1.03 bits per heavy atom. The number of hydrogen-bond acceptors (Lipinski definition) is 1. The van der Waals surface area contributed by atoms with Crippen molar-refractivity contribution in [2.75, 3.05) is 0 Å². The third kappa shape index (κ3) is 4.75. The molecule has 5 saturated carbocycles. The van der Waals surface area contributed by atoms with E-state index < -0.39 is 15.2 Å². The molecule has 5 aliphatic carbocycles. The monoisotopic (exact) mass is 536 g/mol. The molecule has 1 nitrogen and oxygen atoms in total. The molecule has 0 unspecified atom stereocenters. The Balaban J connectivity index is 1.11. The number of Topliss-reactive ketones (excluding diaryl/α,β-unsaturated/α-hetero) is 1. The first kappa shape index (κ1) is 27.8. The minimum absolute atomic E-state index is 0.434. The van der Waals surface area contributed by atoms with E-state index in [0.717, 1.165) is 61.2 Å². The van der Waals surface area contributed by atoms with Crippen molar-refractivity contribution in [1.29, 1.82) is 0 Å². The highest BCUT2D eigenvalue weighted by Gasteiger charge is 2.79. The zero-order chi connectivity index (χ0) is 25.4. The first-order chi connectivity index (χ1) is 17.4. The second-order valence-electron chi connectivity index (χ2n) is 14.2. The number of halogens is 2. The van der Waals surface area contributed by atoms with Crippen LogP contribution in [0.15, 0.2) is 0 Å². The summed E-state index contributed by atoms with van der Waals surface area (Å²) in [6.45, 7) is 4.66. The molecule has 2 spiro atoms. The molecule has 0 aromatic carbocycles. The van der Waals surface area contributed by atoms with E-state index in [4.69, 9.17) is 23.2 Å². The molecule has 0 aromatic rings. The lowest BCUT2D eigenvalue weighted by atomic mass is 9.41. The highest BCUT2D eigenvalue weighted by atomic mass is 35.5. The van der Waals surface area contributed by atoms with Gasteiger partial charge in [-0.1, -0.05) is 94.8 Å². The second kappa shape index (κ2) is 11.4. The molecule has 0 aliphatic heterocycles. The number of hydrogen-bond donors (Lipinski definition) is 0. The lowest BCUT2D eigenvalue weighted by Crippen LogP contribution is -2.74. The van der Waals surface area contributed by atoms with Crippen molar-refractivity contribution < 1.29 is 4.79 Å². The van der Waals surface area contributed by atoms with Crippen LogP contribution in [0.1, 0.15) is 149 Å². The molecule has 5 aliphatic rings. The Morgan fingerprint density at radius 3 is 1.42 bits per heavy atom. The van der Waals surface area contributed by atoms with E-state index in [1.54, 1.807) is 0 Å². The number of alkyl halides is 2. The van der Waals surface area contributed by atoms with E-state index in [2.05, 4.69) is 13.8 Å².